The molecule has 0 spiro atoms. The van der Waals surface area contributed by atoms with Crippen LogP contribution in [-0.2, 0) is 4.79 Å². The van der Waals surface area contributed by atoms with Crippen molar-refractivity contribution in [1.29, 1.82) is 0 Å². The smallest absolute Gasteiger partial charge is 0.244 e. The van der Waals surface area contributed by atoms with E-state index in [9.17, 15) is 4.79 Å². The van der Waals surface area contributed by atoms with Crippen molar-refractivity contribution in [1.82, 2.24) is 10.2 Å². The molecule has 1 saturated heterocycles. The number of nitrogens with zero attached hydrogens (tertiary/aromatic N) is 1. The number of rotatable bonds is 6. The SMILES string of the molecule is O=C(/C=C/c1ccc(Br)s1)NCC(c1ccccc1)N1CCCC1. The topological polar surface area (TPSA) is 32.3 Å². The minimum atomic E-state index is -0.0420. The predicted molar refractivity (Wildman–Crippen MR) is 104 cm³/mol. The molecule has 0 aliphatic carbocycles. The molecule has 2 aromatic rings. The van der Waals surface area contributed by atoms with E-state index in [4.69, 9.17) is 0 Å². The summed E-state index contributed by atoms with van der Waals surface area (Å²) in [5, 5.41) is 3.06. The van der Waals surface area contributed by atoms with Gasteiger partial charge in [0.2, 0.25) is 5.91 Å². The molecule has 3 nitrogen and oxygen atoms in total. The molecule has 1 aromatic heterocycles. The fraction of sp³-hybridized carbons (Fsp3) is 0.316. The van der Waals surface area contributed by atoms with Crippen molar-refractivity contribution in [3.63, 3.8) is 0 Å². The minimum absolute atomic E-state index is 0.0420. The van der Waals surface area contributed by atoms with Crippen molar-refractivity contribution in [2.45, 2.75) is 18.9 Å². The minimum Gasteiger partial charge on any atom is -0.351 e. The lowest BCUT2D eigenvalue weighted by Gasteiger charge is -2.28. The average Bonchev–Trinajstić information content (AvgIpc) is 3.26. The van der Waals surface area contributed by atoms with Crippen molar-refractivity contribution in [3.8, 4) is 0 Å². The lowest BCUT2D eigenvalue weighted by Crippen LogP contribution is -2.36. The second-order valence-corrected chi connectivity index (χ2v) is 8.38. The third-order valence-electron chi connectivity index (χ3n) is 4.23. The van der Waals surface area contributed by atoms with Gasteiger partial charge in [-0.25, -0.2) is 0 Å². The Balaban J connectivity index is 1.60. The predicted octanol–water partition coefficient (Wildman–Crippen LogP) is 4.48. The van der Waals surface area contributed by atoms with Crippen LogP contribution in [0, 0.1) is 0 Å². The Morgan fingerprint density at radius 2 is 1.96 bits per heavy atom. The number of benzene rings is 1. The molecule has 0 saturated carbocycles. The number of halogens is 1. The highest BCUT2D eigenvalue weighted by Crippen LogP contribution is 2.25. The van der Waals surface area contributed by atoms with Crippen molar-refractivity contribution >= 4 is 39.2 Å². The highest BCUT2D eigenvalue weighted by atomic mass is 79.9. The van der Waals surface area contributed by atoms with E-state index in [1.165, 1.54) is 18.4 Å². The summed E-state index contributed by atoms with van der Waals surface area (Å²) in [6, 6.07) is 14.7. The zero-order valence-electron chi connectivity index (χ0n) is 13.5. The molecule has 1 aliphatic rings. The van der Waals surface area contributed by atoms with E-state index in [1.807, 2.05) is 24.3 Å². The van der Waals surface area contributed by atoms with Crippen LogP contribution in [0.1, 0.15) is 29.3 Å². The first kappa shape index (κ1) is 17.4. The lowest BCUT2D eigenvalue weighted by atomic mass is 10.1. The zero-order chi connectivity index (χ0) is 16.8. The Morgan fingerprint density at radius 1 is 1.21 bits per heavy atom. The number of likely N-dealkylation sites (tertiary alicyclic amines) is 1. The van der Waals surface area contributed by atoms with Gasteiger partial charge in [0.05, 0.1) is 9.83 Å². The Hall–Kier alpha value is -1.43. The third kappa shape index (κ3) is 4.79. The molecule has 1 atom stereocenters. The van der Waals surface area contributed by atoms with Gasteiger partial charge in [-0.05, 0) is 65.6 Å². The van der Waals surface area contributed by atoms with E-state index in [2.05, 4.69) is 50.4 Å². The largest absolute Gasteiger partial charge is 0.351 e. The molecule has 1 amide bonds. The molecule has 126 valence electrons. The number of hydrogen-bond acceptors (Lipinski definition) is 3. The Labute approximate surface area is 155 Å². The van der Waals surface area contributed by atoms with Crippen LogP contribution in [0.2, 0.25) is 0 Å². The molecular formula is C19H21BrN2OS. The van der Waals surface area contributed by atoms with Crippen LogP contribution in [0.25, 0.3) is 6.08 Å². The van der Waals surface area contributed by atoms with Crippen LogP contribution < -0.4 is 5.32 Å². The standard InChI is InChI=1S/C19H21BrN2OS/c20-18-10-8-16(24-18)9-11-19(23)21-14-17(22-12-4-5-13-22)15-6-2-1-3-7-15/h1-3,6-11,17H,4-5,12-14H2,(H,21,23)/b11-9+. The van der Waals surface area contributed by atoms with Crippen molar-refractivity contribution in [2.75, 3.05) is 19.6 Å². The summed E-state index contributed by atoms with van der Waals surface area (Å²) in [5.41, 5.74) is 1.27. The molecule has 1 N–H and O–H groups in total. The maximum absolute atomic E-state index is 12.2. The molecule has 1 unspecified atom stereocenters. The number of hydrogen-bond donors (Lipinski definition) is 1. The van der Waals surface area contributed by atoms with Crippen LogP contribution in [0.4, 0.5) is 0 Å². The number of thiophene rings is 1. The highest BCUT2D eigenvalue weighted by molar-refractivity contribution is 9.11. The molecule has 1 aliphatic heterocycles. The van der Waals surface area contributed by atoms with E-state index >= 15 is 0 Å². The van der Waals surface area contributed by atoms with Gasteiger partial charge in [0, 0.05) is 17.5 Å². The molecule has 1 fully saturated rings. The molecule has 24 heavy (non-hydrogen) atoms. The van der Waals surface area contributed by atoms with Gasteiger partial charge in [-0.2, -0.15) is 0 Å². The molecule has 2 heterocycles. The summed E-state index contributed by atoms with van der Waals surface area (Å²) >= 11 is 5.04. The first-order chi connectivity index (χ1) is 11.7. The fourth-order valence-electron chi connectivity index (χ4n) is 3.02. The van der Waals surface area contributed by atoms with Gasteiger partial charge < -0.3 is 5.32 Å². The van der Waals surface area contributed by atoms with Crippen LogP contribution in [0.3, 0.4) is 0 Å². The van der Waals surface area contributed by atoms with Gasteiger partial charge in [-0.3, -0.25) is 9.69 Å². The maximum atomic E-state index is 12.2. The fourth-order valence-corrected chi connectivity index (χ4v) is 4.34. The van der Waals surface area contributed by atoms with E-state index in [-0.39, 0.29) is 11.9 Å². The molecule has 1 aromatic carbocycles. The molecule has 0 radical (unpaired) electrons. The number of amides is 1. The number of carbonyl (C=O) groups is 1. The Bertz CT molecular complexity index is 692. The lowest BCUT2D eigenvalue weighted by molar-refractivity contribution is -0.116. The quantitative estimate of drug-likeness (QED) is 0.719. The Kier molecular flexibility index (Phi) is 6.24. The van der Waals surface area contributed by atoms with Gasteiger partial charge in [0.15, 0.2) is 0 Å². The van der Waals surface area contributed by atoms with Crippen LogP contribution in [0.5, 0.6) is 0 Å². The van der Waals surface area contributed by atoms with Crippen molar-refractivity contribution in [2.24, 2.45) is 0 Å². The van der Waals surface area contributed by atoms with Gasteiger partial charge in [0.1, 0.15) is 0 Å². The van der Waals surface area contributed by atoms with Crippen LogP contribution >= 0.6 is 27.3 Å². The number of carbonyl (C=O) groups excluding carboxylic acids is 1. The van der Waals surface area contributed by atoms with Gasteiger partial charge in [0.25, 0.3) is 0 Å². The van der Waals surface area contributed by atoms with E-state index in [1.54, 1.807) is 17.4 Å². The normalized spacial score (nSPS) is 16.5. The van der Waals surface area contributed by atoms with Gasteiger partial charge >= 0.3 is 0 Å². The molecule has 5 heteroatoms. The van der Waals surface area contributed by atoms with E-state index in [0.717, 1.165) is 21.8 Å². The summed E-state index contributed by atoms with van der Waals surface area (Å²) in [4.78, 5) is 15.7. The molecule has 3 rings (SSSR count). The average molecular weight is 405 g/mol. The second kappa shape index (κ2) is 8.60. The summed E-state index contributed by atoms with van der Waals surface area (Å²) in [6.07, 6.45) is 5.96. The Morgan fingerprint density at radius 3 is 2.62 bits per heavy atom. The summed E-state index contributed by atoms with van der Waals surface area (Å²) < 4.78 is 1.07. The summed E-state index contributed by atoms with van der Waals surface area (Å²) in [7, 11) is 0. The van der Waals surface area contributed by atoms with Crippen LogP contribution in [0.15, 0.2) is 52.3 Å². The van der Waals surface area contributed by atoms with Crippen LogP contribution in [-0.4, -0.2) is 30.4 Å². The van der Waals surface area contributed by atoms with E-state index in [0.29, 0.717) is 6.54 Å². The van der Waals surface area contributed by atoms with Gasteiger partial charge in [-0.15, -0.1) is 11.3 Å². The monoisotopic (exact) mass is 404 g/mol. The summed E-state index contributed by atoms with van der Waals surface area (Å²) in [5.74, 6) is -0.0420. The van der Waals surface area contributed by atoms with E-state index < -0.39 is 0 Å². The zero-order valence-corrected chi connectivity index (χ0v) is 15.9. The van der Waals surface area contributed by atoms with Gasteiger partial charge in [-0.1, -0.05) is 30.3 Å². The number of nitrogens with one attached hydrogen (secondary N) is 1. The van der Waals surface area contributed by atoms with Crippen molar-refractivity contribution < 1.29 is 4.79 Å². The highest BCUT2D eigenvalue weighted by Gasteiger charge is 2.23. The first-order valence-corrected chi connectivity index (χ1v) is 9.83. The maximum Gasteiger partial charge on any atom is 0.244 e. The third-order valence-corrected chi connectivity index (χ3v) is 5.82. The molecular weight excluding hydrogens is 384 g/mol. The first-order valence-electron chi connectivity index (χ1n) is 8.22. The second-order valence-electron chi connectivity index (χ2n) is 5.89. The van der Waals surface area contributed by atoms with Crippen molar-refractivity contribution in [3.05, 3.63) is 62.8 Å². The summed E-state index contributed by atoms with van der Waals surface area (Å²) in [6.45, 7) is 2.85. The molecule has 0 bridgehead atoms.